The second kappa shape index (κ2) is 10.7. The Balaban J connectivity index is 2.00. The van der Waals surface area contributed by atoms with Gasteiger partial charge < -0.3 is 20.1 Å². The minimum absolute atomic E-state index is 0.170. The Labute approximate surface area is 159 Å². The van der Waals surface area contributed by atoms with E-state index in [0.29, 0.717) is 11.7 Å². The minimum Gasteiger partial charge on any atom is -0.465 e. The molecule has 0 radical (unpaired) electrons. The first-order chi connectivity index (χ1) is 13.0. The number of hydrogen-bond acceptors (Lipinski definition) is 6. The predicted molar refractivity (Wildman–Crippen MR) is 102 cm³/mol. The van der Waals surface area contributed by atoms with Crippen LogP contribution in [-0.4, -0.2) is 44.7 Å². The van der Waals surface area contributed by atoms with Crippen molar-refractivity contribution in [3.05, 3.63) is 29.3 Å². The van der Waals surface area contributed by atoms with E-state index in [2.05, 4.69) is 10.6 Å². The first-order valence-electron chi connectivity index (χ1n) is 9.38. The number of anilines is 1. The summed E-state index contributed by atoms with van der Waals surface area (Å²) in [5.74, 6) is -1.41. The molecule has 0 saturated heterocycles. The molecule has 0 aromatic heterocycles. The summed E-state index contributed by atoms with van der Waals surface area (Å²) in [6, 6.07) is 4.68. The first kappa shape index (κ1) is 20.9. The van der Waals surface area contributed by atoms with E-state index in [-0.39, 0.29) is 23.6 Å². The van der Waals surface area contributed by atoms with Gasteiger partial charge in [-0.3, -0.25) is 4.79 Å². The molecule has 2 rings (SSSR count). The number of carbonyl (C=O) groups is 3. The molecule has 0 bridgehead atoms. The highest BCUT2D eigenvalue weighted by Crippen LogP contribution is 2.18. The van der Waals surface area contributed by atoms with E-state index in [0.717, 1.165) is 12.8 Å². The largest absolute Gasteiger partial charge is 0.465 e. The fourth-order valence-corrected chi connectivity index (χ4v) is 3.27. The van der Waals surface area contributed by atoms with E-state index in [9.17, 15) is 14.4 Å². The summed E-state index contributed by atoms with van der Waals surface area (Å²) in [6.07, 6.45) is 8.33. The lowest BCUT2D eigenvalue weighted by molar-refractivity contribution is -0.115. The zero-order chi connectivity index (χ0) is 19.6. The van der Waals surface area contributed by atoms with Gasteiger partial charge in [0.15, 0.2) is 0 Å². The second-order valence-corrected chi connectivity index (χ2v) is 6.75. The molecule has 0 spiro atoms. The molecule has 0 aliphatic heterocycles. The van der Waals surface area contributed by atoms with Gasteiger partial charge in [-0.05, 0) is 31.0 Å². The normalized spacial score (nSPS) is 15.3. The van der Waals surface area contributed by atoms with E-state index in [4.69, 9.17) is 9.47 Å². The summed E-state index contributed by atoms with van der Waals surface area (Å²) in [5, 5.41) is 6.04. The average molecular weight is 376 g/mol. The van der Waals surface area contributed by atoms with Crippen LogP contribution in [0.1, 0.15) is 65.7 Å². The number of carbonyl (C=O) groups excluding carboxylic acids is 3. The highest BCUT2D eigenvalue weighted by atomic mass is 16.5. The maximum Gasteiger partial charge on any atom is 0.337 e. The summed E-state index contributed by atoms with van der Waals surface area (Å²) in [6.45, 7) is 0.181. The summed E-state index contributed by atoms with van der Waals surface area (Å²) in [4.78, 5) is 35.9. The smallest absolute Gasteiger partial charge is 0.337 e. The SMILES string of the molecule is COC(=O)c1cc(NC(=O)CNC2CCCCCCC2)cc(C(=O)OC)c1. The van der Waals surface area contributed by atoms with Crippen LogP contribution < -0.4 is 10.6 Å². The topological polar surface area (TPSA) is 93.7 Å². The van der Waals surface area contributed by atoms with Gasteiger partial charge in [-0.15, -0.1) is 0 Å². The van der Waals surface area contributed by atoms with Crippen molar-refractivity contribution in [3.63, 3.8) is 0 Å². The Morgan fingerprint density at radius 3 is 1.93 bits per heavy atom. The lowest BCUT2D eigenvalue weighted by Crippen LogP contribution is -2.36. The van der Waals surface area contributed by atoms with Gasteiger partial charge in [0.25, 0.3) is 0 Å². The maximum absolute atomic E-state index is 12.3. The van der Waals surface area contributed by atoms with E-state index in [1.165, 1.54) is 64.5 Å². The number of nitrogens with one attached hydrogen (secondary N) is 2. The van der Waals surface area contributed by atoms with Crippen LogP contribution in [0.3, 0.4) is 0 Å². The number of amides is 1. The maximum atomic E-state index is 12.3. The molecular weight excluding hydrogens is 348 g/mol. The van der Waals surface area contributed by atoms with Gasteiger partial charge >= 0.3 is 11.9 Å². The quantitative estimate of drug-likeness (QED) is 0.742. The van der Waals surface area contributed by atoms with Crippen LogP contribution in [0.2, 0.25) is 0 Å². The number of esters is 2. The molecule has 7 heteroatoms. The molecule has 2 N–H and O–H groups in total. The molecule has 1 aliphatic carbocycles. The highest BCUT2D eigenvalue weighted by Gasteiger charge is 2.16. The molecular formula is C20H28N2O5. The van der Waals surface area contributed by atoms with Crippen LogP contribution in [0, 0.1) is 0 Å². The molecule has 1 fully saturated rings. The Hall–Kier alpha value is -2.41. The molecule has 1 aliphatic rings. The van der Waals surface area contributed by atoms with Crippen molar-refractivity contribution in [2.45, 2.75) is 51.0 Å². The molecule has 1 saturated carbocycles. The van der Waals surface area contributed by atoms with Crippen molar-refractivity contribution >= 4 is 23.5 Å². The van der Waals surface area contributed by atoms with Gasteiger partial charge in [0.2, 0.25) is 5.91 Å². The molecule has 1 aromatic rings. The van der Waals surface area contributed by atoms with Crippen molar-refractivity contribution in [1.29, 1.82) is 0 Å². The first-order valence-corrected chi connectivity index (χ1v) is 9.38. The van der Waals surface area contributed by atoms with Crippen molar-refractivity contribution in [2.75, 3.05) is 26.1 Å². The van der Waals surface area contributed by atoms with Gasteiger partial charge in [0, 0.05) is 11.7 Å². The Bertz CT molecular complexity index is 632. The molecule has 1 aromatic carbocycles. The number of hydrogen-bond donors (Lipinski definition) is 2. The molecule has 0 unspecified atom stereocenters. The number of ether oxygens (including phenoxy) is 2. The zero-order valence-corrected chi connectivity index (χ0v) is 16.0. The molecule has 27 heavy (non-hydrogen) atoms. The van der Waals surface area contributed by atoms with E-state index in [1.807, 2.05) is 0 Å². The van der Waals surface area contributed by atoms with Crippen LogP contribution in [-0.2, 0) is 14.3 Å². The molecule has 0 heterocycles. The van der Waals surface area contributed by atoms with Crippen LogP contribution in [0.4, 0.5) is 5.69 Å². The van der Waals surface area contributed by atoms with Crippen molar-refractivity contribution < 1.29 is 23.9 Å². The van der Waals surface area contributed by atoms with Crippen LogP contribution in [0.25, 0.3) is 0 Å². The number of benzene rings is 1. The lowest BCUT2D eigenvalue weighted by atomic mass is 9.97. The zero-order valence-electron chi connectivity index (χ0n) is 16.0. The minimum atomic E-state index is -0.594. The fraction of sp³-hybridized carbons (Fsp3) is 0.550. The third-order valence-electron chi connectivity index (χ3n) is 4.72. The second-order valence-electron chi connectivity index (χ2n) is 6.75. The van der Waals surface area contributed by atoms with Gasteiger partial charge in [0.05, 0.1) is 31.9 Å². The van der Waals surface area contributed by atoms with Crippen molar-refractivity contribution in [3.8, 4) is 0 Å². The van der Waals surface area contributed by atoms with Gasteiger partial charge in [-0.25, -0.2) is 9.59 Å². The van der Waals surface area contributed by atoms with Crippen molar-refractivity contribution in [2.24, 2.45) is 0 Å². The van der Waals surface area contributed by atoms with Gasteiger partial charge in [0.1, 0.15) is 0 Å². The standard InChI is InChI=1S/C20H28N2O5/c1-26-19(24)14-10-15(20(25)27-2)12-17(11-14)22-18(23)13-21-16-8-6-4-3-5-7-9-16/h10-12,16,21H,3-9,13H2,1-2H3,(H,22,23). The summed E-state index contributed by atoms with van der Waals surface area (Å²) >= 11 is 0. The van der Waals surface area contributed by atoms with Crippen LogP contribution in [0.5, 0.6) is 0 Å². The van der Waals surface area contributed by atoms with Gasteiger partial charge in [-0.1, -0.05) is 32.1 Å². The lowest BCUT2D eigenvalue weighted by Gasteiger charge is -2.20. The number of rotatable bonds is 6. The highest BCUT2D eigenvalue weighted by molar-refractivity contribution is 5.99. The summed E-state index contributed by atoms with van der Waals surface area (Å²) in [7, 11) is 2.51. The Morgan fingerprint density at radius 1 is 0.889 bits per heavy atom. The van der Waals surface area contributed by atoms with E-state index >= 15 is 0 Å². The van der Waals surface area contributed by atoms with Crippen molar-refractivity contribution in [1.82, 2.24) is 5.32 Å². The van der Waals surface area contributed by atoms with Crippen LogP contribution in [0.15, 0.2) is 18.2 Å². The monoisotopic (exact) mass is 376 g/mol. The third kappa shape index (κ3) is 6.67. The third-order valence-corrected chi connectivity index (χ3v) is 4.72. The summed E-state index contributed by atoms with van der Waals surface area (Å²) < 4.78 is 9.39. The molecule has 0 atom stereocenters. The number of methoxy groups -OCH3 is 2. The average Bonchev–Trinajstić information content (AvgIpc) is 2.65. The van der Waals surface area contributed by atoms with Crippen LogP contribution >= 0.6 is 0 Å². The molecule has 1 amide bonds. The Morgan fingerprint density at radius 2 is 1.41 bits per heavy atom. The van der Waals surface area contributed by atoms with E-state index in [1.54, 1.807) is 0 Å². The molecule has 148 valence electrons. The Kier molecular flexibility index (Phi) is 8.26. The van der Waals surface area contributed by atoms with Gasteiger partial charge in [-0.2, -0.15) is 0 Å². The molecule has 7 nitrogen and oxygen atoms in total. The van der Waals surface area contributed by atoms with E-state index < -0.39 is 11.9 Å². The summed E-state index contributed by atoms with van der Waals surface area (Å²) in [5.41, 5.74) is 0.690. The fourth-order valence-electron chi connectivity index (χ4n) is 3.27. The predicted octanol–water partition coefficient (Wildman–Crippen LogP) is 2.90.